The molecule has 2 amide bonds. The van der Waals surface area contributed by atoms with Crippen LogP contribution in [0.15, 0.2) is 0 Å². The van der Waals surface area contributed by atoms with Crippen molar-refractivity contribution < 1.29 is 9.59 Å². The Morgan fingerprint density at radius 2 is 1.29 bits per heavy atom. The quantitative estimate of drug-likeness (QED) is 0.481. The van der Waals surface area contributed by atoms with Gasteiger partial charge in [-0.15, -0.1) is 0 Å². The molecule has 1 saturated carbocycles. The molecule has 2 heterocycles. The van der Waals surface area contributed by atoms with Crippen LogP contribution in [0.5, 0.6) is 0 Å². The highest BCUT2D eigenvalue weighted by molar-refractivity contribution is 5.81. The molecule has 0 aromatic rings. The molecular formula is C29H53N3O2. The number of carbonyl (C=O) groups is 2. The van der Waals surface area contributed by atoms with E-state index in [9.17, 15) is 9.59 Å². The van der Waals surface area contributed by atoms with Gasteiger partial charge in [0.05, 0.1) is 0 Å². The molecule has 3 rings (SSSR count). The lowest BCUT2D eigenvalue weighted by Crippen LogP contribution is -2.50. The number of nitrogens with zero attached hydrogens (tertiary/aromatic N) is 3. The Labute approximate surface area is 210 Å². The number of likely N-dealkylation sites (tertiary alicyclic amines) is 1. The zero-order valence-electron chi connectivity index (χ0n) is 23.2. The third-order valence-corrected chi connectivity index (χ3v) is 8.87. The minimum Gasteiger partial charge on any atom is -0.342 e. The zero-order chi connectivity index (χ0) is 24.9. The largest absolute Gasteiger partial charge is 0.342 e. The van der Waals surface area contributed by atoms with Crippen molar-refractivity contribution in [2.24, 2.45) is 28.6 Å². The van der Waals surface area contributed by atoms with E-state index in [1.54, 1.807) is 0 Å². The predicted molar refractivity (Wildman–Crippen MR) is 141 cm³/mol. The van der Waals surface area contributed by atoms with Gasteiger partial charge in [0.1, 0.15) is 0 Å². The highest BCUT2D eigenvalue weighted by Gasteiger charge is 2.35. The predicted octanol–water partition coefficient (Wildman–Crippen LogP) is 5.44. The minimum absolute atomic E-state index is 0.257. The first-order valence-corrected chi connectivity index (χ1v) is 14.3. The summed E-state index contributed by atoms with van der Waals surface area (Å²) < 4.78 is 0. The monoisotopic (exact) mass is 475 g/mol. The molecule has 0 radical (unpaired) electrons. The van der Waals surface area contributed by atoms with Crippen molar-refractivity contribution in [3.05, 3.63) is 0 Å². The fraction of sp³-hybridized carbons (Fsp3) is 0.931. The summed E-state index contributed by atoms with van der Waals surface area (Å²) in [7, 11) is 0. The fourth-order valence-electron chi connectivity index (χ4n) is 6.32. The molecule has 0 aromatic carbocycles. The van der Waals surface area contributed by atoms with E-state index >= 15 is 0 Å². The smallest absolute Gasteiger partial charge is 0.227 e. The second kappa shape index (κ2) is 11.8. The highest BCUT2D eigenvalue weighted by Crippen LogP contribution is 2.40. The molecule has 2 saturated heterocycles. The Hall–Kier alpha value is -1.10. The SMILES string of the molecule is CC(C)(C)C(=O)N1CCC(CCCCN2CCN(C(=O)C3CCC(C(C)(C)C)CC3)CC2)CC1. The summed E-state index contributed by atoms with van der Waals surface area (Å²) in [6, 6.07) is 0. The number of unbranched alkanes of at least 4 members (excludes halogenated alkanes) is 1. The topological polar surface area (TPSA) is 43.9 Å². The lowest BCUT2D eigenvalue weighted by molar-refractivity contribution is -0.141. The number of hydrogen-bond donors (Lipinski definition) is 0. The first-order valence-electron chi connectivity index (χ1n) is 14.3. The van der Waals surface area contributed by atoms with Gasteiger partial charge in [0.15, 0.2) is 0 Å². The number of piperidine rings is 1. The van der Waals surface area contributed by atoms with E-state index in [1.165, 1.54) is 51.5 Å². The van der Waals surface area contributed by atoms with Crippen LogP contribution in [0.1, 0.15) is 99.3 Å². The van der Waals surface area contributed by atoms with E-state index < -0.39 is 0 Å². The molecule has 3 fully saturated rings. The van der Waals surface area contributed by atoms with Gasteiger partial charge in [-0.1, -0.05) is 54.4 Å². The first kappa shape index (κ1) is 27.5. The lowest BCUT2D eigenvalue weighted by Gasteiger charge is -2.40. The van der Waals surface area contributed by atoms with Crippen LogP contribution in [-0.4, -0.2) is 72.3 Å². The summed E-state index contributed by atoms with van der Waals surface area (Å²) in [5.41, 5.74) is 0.121. The van der Waals surface area contributed by atoms with Gasteiger partial charge < -0.3 is 9.80 Å². The van der Waals surface area contributed by atoms with Crippen LogP contribution in [0.4, 0.5) is 0 Å². The molecule has 3 aliphatic rings. The molecule has 34 heavy (non-hydrogen) atoms. The molecule has 0 bridgehead atoms. The average Bonchev–Trinajstić information content (AvgIpc) is 2.80. The first-order chi connectivity index (χ1) is 15.9. The van der Waals surface area contributed by atoms with E-state index in [2.05, 4.69) is 35.5 Å². The maximum atomic E-state index is 13.1. The third-order valence-electron chi connectivity index (χ3n) is 8.87. The van der Waals surface area contributed by atoms with Crippen molar-refractivity contribution in [2.75, 3.05) is 45.8 Å². The molecule has 0 spiro atoms. The Bertz CT molecular complexity index is 654. The normalized spacial score (nSPS) is 26.1. The highest BCUT2D eigenvalue weighted by atomic mass is 16.2. The summed E-state index contributed by atoms with van der Waals surface area (Å²) in [4.78, 5) is 32.3. The van der Waals surface area contributed by atoms with Crippen LogP contribution >= 0.6 is 0 Å². The molecule has 0 unspecified atom stereocenters. The van der Waals surface area contributed by atoms with Crippen molar-refractivity contribution in [3.63, 3.8) is 0 Å². The number of piperazine rings is 1. The Morgan fingerprint density at radius 1 is 0.706 bits per heavy atom. The molecule has 5 heteroatoms. The van der Waals surface area contributed by atoms with E-state index in [0.717, 1.165) is 63.9 Å². The molecule has 0 N–H and O–H groups in total. The summed E-state index contributed by atoms with van der Waals surface area (Å²) >= 11 is 0. The molecular weight excluding hydrogens is 422 g/mol. The summed E-state index contributed by atoms with van der Waals surface area (Å²) in [5, 5.41) is 0. The van der Waals surface area contributed by atoms with Crippen LogP contribution in [0.25, 0.3) is 0 Å². The van der Waals surface area contributed by atoms with Crippen LogP contribution in [0.3, 0.4) is 0 Å². The molecule has 196 valence electrons. The van der Waals surface area contributed by atoms with E-state index in [4.69, 9.17) is 0 Å². The van der Waals surface area contributed by atoms with Crippen molar-refractivity contribution in [3.8, 4) is 0 Å². The lowest BCUT2D eigenvalue weighted by atomic mass is 9.69. The number of carbonyl (C=O) groups excluding carboxylic acids is 2. The van der Waals surface area contributed by atoms with E-state index in [1.807, 2.05) is 20.8 Å². The molecule has 0 aromatic heterocycles. The summed E-state index contributed by atoms with van der Waals surface area (Å²) in [6.07, 6.45) is 10.8. The van der Waals surface area contributed by atoms with E-state index in [-0.39, 0.29) is 11.3 Å². The van der Waals surface area contributed by atoms with E-state index in [0.29, 0.717) is 17.2 Å². The second-order valence-corrected chi connectivity index (χ2v) is 13.6. The molecule has 0 atom stereocenters. The summed E-state index contributed by atoms with van der Waals surface area (Å²) in [6.45, 7) is 20.1. The third kappa shape index (κ3) is 7.70. The zero-order valence-corrected chi connectivity index (χ0v) is 23.2. The van der Waals surface area contributed by atoms with Gasteiger partial charge in [0, 0.05) is 50.6 Å². The molecule has 5 nitrogen and oxygen atoms in total. The second-order valence-electron chi connectivity index (χ2n) is 13.6. The maximum absolute atomic E-state index is 13.1. The maximum Gasteiger partial charge on any atom is 0.227 e. The van der Waals surface area contributed by atoms with Crippen LogP contribution in [-0.2, 0) is 9.59 Å². The van der Waals surface area contributed by atoms with Gasteiger partial charge in [-0.25, -0.2) is 0 Å². The van der Waals surface area contributed by atoms with Crippen molar-refractivity contribution in [1.82, 2.24) is 14.7 Å². The van der Waals surface area contributed by atoms with Gasteiger partial charge in [-0.2, -0.15) is 0 Å². The Kier molecular flexibility index (Phi) is 9.50. The van der Waals surface area contributed by atoms with Crippen molar-refractivity contribution in [2.45, 2.75) is 99.3 Å². The van der Waals surface area contributed by atoms with Crippen LogP contribution < -0.4 is 0 Å². The Balaban J connectivity index is 1.26. The molecule has 2 aliphatic heterocycles. The fourth-order valence-corrected chi connectivity index (χ4v) is 6.32. The van der Waals surface area contributed by atoms with Crippen molar-refractivity contribution >= 4 is 11.8 Å². The standard InChI is InChI=1S/C29H53N3O2/c1-28(2,3)25-12-10-24(11-13-25)26(33)31-21-19-30(20-22-31)16-8-7-9-23-14-17-32(18-15-23)27(34)29(4,5)6/h23-25H,7-22H2,1-6H3. The van der Waals surface area contributed by atoms with Gasteiger partial charge >= 0.3 is 0 Å². The van der Waals surface area contributed by atoms with Gasteiger partial charge in [-0.05, 0) is 68.7 Å². The number of hydrogen-bond acceptors (Lipinski definition) is 3. The summed E-state index contributed by atoms with van der Waals surface area (Å²) in [5.74, 6) is 2.57. The number of rotatable bonds is 6. The van der Waals surface area contributed by atoms with Gasteiger partial charge in [0.25, 0.3) is 0 Å². The van der Waals surface area contributed by atoms with Gasteiger partial charge in [-0.3, -0.25) is 14.5 Å². The van der Waals surface area contributed by atoms with Crippen molar-refractivity contribution in [1.29, 1.82) is 0 Å². The van der Waals surface area contributed by atoms with Gasteiger partial charge in [0.2, 0.25) is 11.8 Å². The average molecular weight is 476 g/mol. The van der Waals surface area contributed by atoms with Crippen LogP contribution in [0, 0.1) is 28.6 Å². The van der Waals surface area contributed by atoms with Crippen LogP contribution in [0.2, 0.25) is 0 Å². The Morgan fingerprint density at radius 3 is 1.82 bits per heavy atom. The molecule has 1 aliphatic carbocycles. The minimum atomic E-state index is -0.257. The number of amides is 2.